The summed E-state index contributed by atoms with van der Waals surface area (Å²) in [6.45, 7) is 3.41. The van der Waals surface area contributed by atoms with Gasteiger partial charge in [0.25, 0.3) is 5.91 Å². The highest BCUT2D eigenvalue weighted by Gasteiger charge is 2.30. The summed E-state index contributed by atoms with van der Waals surface area (Å²) < 4.78 is 5.13. The van der Waals surface area contributed by atoms with E-state index in [1.54, 1.807) is 13.8 Å². The molecule has 1 heterocycles. The van der Waals surface area contributed by atoms with E-state index in [2.05, 4.69) is 11.4 Å². The molecule has 1 aliphatic carbocycles. The molecule has 1 amide bonds. The Kier molecular flexibility index (Phi) is 3.42. The van der Waals surface area contributed by atoms with Crippen molar-refractivity contribution < 1.29 is 9.53 Å². The zero-order chi connectivity index (χ0) is 13.3. The van der Waals surface area contributed by atoms with E-state index in [-0.39, 0.29) is 5.91 Å². The van der Waals surface area contributed by atoms with Crippen molar-refractivity contribution in [1.29, 1.82) is 5.26 Å². The maximum Gasteiger partial charge on any atom is 0.256 e. The molecule has 0 saturated carbocycles. The van der Waals surface area contributed by atoms with Crippen molar-refractivity contribution in [2.75, 3.05) is 12.4 Å². The van der Waals surface area contributed by atoms with Crippen molar-refractivity contribution >= 4 is 22.2 Å². The topological polar surface area (TPSA) is 62.1 Å². The molecule has 0 aromatic carbocycles. The van der Waals surface area contributed by atoms with Gasteiger partial charge in [-0.1, -0.05) is 0 Å². The van der Waals surface area contributed by atoms with Crippen LogP contribution < -0.4 is 5.32 Å². The summed E-state index contributed by atoms with van der Waals surface area (Å²) in [5.74, 6) is -0.221. The zero-order valence-electron chi connectivity index (χ0n) is 10.8. The Balaban J connectivity index is 2.26. The van der Waals surface area contributed by atoms with Gasteiger partial charge in [0.1, 0.15) is 16.7 Å². The van der Waals surface area contributed by atoms with Gasteiger partial charge >= 0.3 is 0 Å². The first-order chi connectivity index (χ1) is 8.49. The SMILES string of the molecule is COC(C)(C)C(=O)Nc1sc2c(c1C#N)CCC2. The molecule has 0 bridgehead atoms. The molecule has 0 aliphatic heterocycles. The smallest absolute Gasteiger partial charge is 0.256 e. The number of aryl methyl sites for hydroxylation is 1. The summed E-state index contributed by atoms with van der Waals surface area (Å²) in [5, 5.41) is 12.7. The lowest BCUT2D eigenvalue weighted by molar-refractivity contribution is -0.133. The maximum absolute atomic E-state index is 12.0. The van der Waals surface area contributed by atoms with Crippen LogP contribution in [0.15, 0.2) is 0 Å². The molecule has 1 N–H and O–H groups in total. The van der Waals surface area contributed by atoms with Crippen LogP contribution in [0.2, 0.25) is 0 Å². The van der Waals surface area contributed by atoms with E-state index in [1.165, 1.54) is 23.3 Å². The van der Waals surface area contributed by atoms with Gasteiger partial charge in [-0.05, 0) is 38.7 Å². The average molecular weight is 264 g/mol. The number of carbonyl (C=O) groups excluding carboxylic acids is 1. The van der Waals surface area contributed by atoms with Gasteiger partial charge in [0.05, 0.1) is 5.56 Å². The quantitative estimate of drug-likeness (QED) is 0.912. The van der Waals surface area contributed by atoms with Gasteiger partial charge < -0.3 is 10.1 Å². The normalized spacial score (nSPS) is 14.1. The molecule has 0 fully saturated rings. The summed E-state index contributed by atoms with van der Waals surface area (Å²) >= 11 is 1.52. The molecule has 2 rings (SSSR count). The highest BCUT2D eigenvalue weighted by Crippen LogP contribution is 2.38. The highest BCUT2D eigenvalue weighted by atomic mass is 32.1. The Morgan fingerprint density at radius 2 is 2.22 bits per heavy atom. The molecule has 18 heavy (non-hydrogen) atoms. The largest absolute Gasteiger partial charge is 0.369 e. The molecule has 1 aliphatic rings. The third kappa shape index (κ3) is 2.14. The Hall–Kier alpha value is -1.38. The lowest BCUT2D eigenvalue weighted by atomic mass is 10.1. The number of nitriles is 1. The van der Waals surface area contributed by atoms with Crippen molar-refractivity contribution in [2.45, 2.75) is 38.7 Å². The van der Waals surface area contributed by atoms with Gasteiger partial charge in [-0.25, -0.2) is 0 Å². The summed E-state index contributed by atoms with van der Waals surface area (Å²) in [4.78, 5) is 13.3. The van der Waals surface area contributed by atoms with Crippen molar-refractivity contribution in [3.8, 4) is 6.07 Å². The van der Waals surface area contributed by atoms with Gasteiger partial charge in [-0.15, -0.1) is 11.3 Å². The number of methoxy groups -OCH3 is 1. The first-order valence-electron chi connectivity index (χ1n) is 5.91. The van der Waals surface area contributed by atoms with Crippen LogP contribution in [0.3, 0.4) is 0 Å². The minimum absolute atomic E-state index is 0.221. The van der Waals surface area contributed by atoms with Crippen molar-refractivity contribution in [3.63, 3.8) is 0 Å². The average Bonchev–Trinajstić information content (AvgIpc) is 2.88. The van der Waals surface area contributed by atoms with Crippen LogP contribution in [0, 0.1) is 11.3 Å². The van der Waals surface area contributed by atoms with E-state index in [4.69, 9.17) is 4.74 Å². The summed E-state index contributed by atoms with van der Waals surface area (Å²) in [6.07, 6.45) is 3.06. The number of rotatable bonds is 3. The monoisotopic (exact) mass is 264 g/mol. The molecule has 0 spiro atoms. The third-order valence-corrected chi connectivity index (χ3v) is 4.52. The minimum Gasteiger partial charge on any atom is -0.369 e. The fourth-order valence-electron chi connectivity index (χ4n) is 1.96. The van der Waals surface area contributed by atoms with Crippen LogP contribution in [0.1, 0.15) is 36.3 Å². The Bertz CT molecular complexity index is 526. The second kappa shape index (κ2) is 4.71. The molecule has 4 nitrogen and oxygen atoms in total. The lowest BCUT2D eigenvalue weighted by Crippen LogP contribution is -2.38. The molecule has 0 atom stereocenters. The molecule has 0 unspecified atom stereocenters. The highest BCUT2D eigenvalue weighted by molar-refractivity contribution is 7.16. The number of ether oxygens (including phenoxy) is 1. The summed E-state index contributed by atoms with van der Waals surface area (Å²) in [7, 11) is 1.50. The van der Waals surface area contributed by atoms with Crippen LogP contribution in [0.25, 0.3) is 0 Å². The van der Waals surface area contributed by atoms with Gasteiger partial charge in [-0.3, -0.25) is 4.79 Å². The van der Waals surface area contributed by atoms with Crippen molar-refractivity contribution in [2.24, 2.45) is 0 Å². The fraction of sp³-hybridized carbons (Fsp3) is 0.538. The lowest BCUT2D eigenvalue weighted by Gasteiger charge is -2.21. The Morgan fingerprint density at radius 3 is 2.83 bits per heavy atom. The number of anilines is 1. The number of hydrogen-bond donors (Lipinski definition) is 1. The minimum atomic E-state index is -0.888. The van der Waals surface area contributed by atoms with E-state index < -0.39 is 5.60 Å². The number of nitrogens with one attached hydrogen (secondary N) is 1. The molecule has 1 aromatic rings. The zero-order valence-corrected chi connectivity index (χ0v) is 11.6. The first-order valence-corrected chi connectivity index (χ1v) is 6.72. The van der Waals surface area contributed by atoms with Crippen LogP contribution in [0.5, 0.6) is 0 Å². The molecule has 96 valence electrons. The van der Waals surface area contributed by atoms with E-state index in [1.807, 2.05) is 0 Å². The molecular formula is C13H16N2O2S. The van der Waals surface area contributed by atoms with Gasteiger partial charge in [0, 0.05) is 12.0 Å². The molecule has 1 aromatic heterocycles. The first kappa shape index (κ1) is 13.1. The molecule has 0 saturated heterocycles. The van der Waals surface area contributed by atoms with Crippen LogP contribution in [0.4, 0.5) is 5.00 Å². The predicted octanol–water partition coefficient (Wildman–Crippen LogP) is 2.47. The number of fused-ring (bicyclic) bond motifs is 1. The third-order valence-electron chi connectivity index (χ3n) is 3.32. The second-order valence-electron chi connectivity index (χ2n) is 4.84. The van der Waals surface area contributed by atoms with E-state index in [9.17, 15) is 10.1 Å². The van der Waals surface area contributed by atoms with E-state index in [0.717, 1.165) is 24.8 Å². The fourth-order valence-corrected chi connectivity index (χ4v) is 3.19. The summed E-state index contributed by atoms with van der Waals surface area (Å²) in [6, 6.07) is 2.21. The number of nitrogens with zero attached hydrogens (tertiary/aromatic N) is 1. The van der Waals surface area contributed by atoms with Gasteiger partial charge in [-0.2, -0.15) is 5.26 Å². The van der Waals surface area contributed by atoms with Gasteiger partial charge in [0.15, 0.2) is 0 Å². The number of thiophene rings is 1. The van der Waals surface area contributed by atoms with Crippen LogP contribution in [-0.2, 0) is 22.4 Å². The second-order valence-corrected chi connectivity index (χ2v) is 5.95. The van der Waals surface area contributed by atoms with E-state index >= 15 is 0 Å². The standard InChI is InChI=1S/C13H16N2O2S/c1-13(2,17-3)12(16)15-11-9(7-14)8-5-4-6-10(8)18-11/h4-6H2,1-3H3,(H,15,16). The maximum atomic E-state index is 12.0. The Morgan fingerprint density at radius 1 is 1.50 bits per heavy atom. The molecular weight excluding hydrogens is 248 g/mol. The number of hydrogen-bond acceptors (Lipinski definition) is 4. The van der Waals surface area contributed by atoms with Crippen LogP contribution >= 0.6 is 11.3 Å². The Labute approximate surface area is 111 Å². The molecule has 0 radical (unpaired) electrons. The van der Waals surface area contributed by atoms with Gasteiger partial charge in [0.2, 0.25) is 0 Å². The predicted molar refractivity (Wildman–Crippen MR) is 70.8 cm³/mol. The summed E-state index contributed by atoms with van der Waals surface area (Å²) in [5.41, 5.74) is 0.863. The van der Waals surface area contributed by atoms with Crippen molar-refractivity contribution in [3.05, 3.63) is 16.0 Å². The number of carbonyl (C=O) groups is 1. The van der Waals surface area contributed by atoms with Crippen molar-refractivity contribution in [1.82, 2.24) is 0 Å². The molecule has 5 heteroatoms. The number of amides is 1. The van der Waals surface area contributed by atoms with E-state index in [0.29, 0.717) is 10.6 Å². The van der Waals surface area contributed by atoms with Crippen LogP contribution in [-0.4, -0.2) is 18.6 Å².